The first-order valence-corrected chi connectivity index (χ1v) is 4.34. The molecule has 10 heavy (non-hydrogen) atoms. The van der Waals surface area contributed by atoms with E-state index in [4.69, 9.17) is 0 Å². The molecule has 0 heteroatoms. The van der Waals surface area contributed by atoms with Crippen LogP contribution in [0.25, 0.3) is 0 Å². The maximum Gasteiger partial charge on any atom is -0.0130 e. The van der Waals surface area contributed by atoms with Gasteiger partial charge in [-0.05, 0) is 37.7 Å². The Balaban J connectivity index is 2.16. The normalized spacial score (nSPS) is 24.8. The highest BCUT2D eigenvalue weighted by Crippen LogP contribution is 2.30. The minimum absolute atomic E-state index is 1.26. The summed E-state index contributed by atoms with van der Waals surface area (Å²) in [7, 11) is 0. The van der Waals surface area contributed by atoms with Crippen molar-refractivity contribution in [2.24, 2.45) is 0 Å². The van der Waals surface area contributed by atoms with Gasteiger partial charge in [-0.25, -0.2) is 0 Å². The highest BCUT2D eigenvalue weighted by atomic mass is 14.2. The fourth-order valence-corrected chi connectivity index (χ4v) is 1.95. The Kier molecular flexibility index (Phi) is 1.62. The Hall–Kier alpha value is -0.520. The average Bonchev–Trinajstić information content (AvgIpc) is 2.28. The van der Waals surface area contributed by atoms with Gasteiger partial charge in [0.25, 0.3) is 0 Å². The molecule has 2 aliphatic carbocycles. The third-order valence-electron chi connectivity index (χ3n) is 2.56. The second-order valence-electron chi connectivity index (χ2n) is 3.30. The molecule has 2 aliphatic rings. The van der Waals surface area contributed by atoms with E-state index in [0.29, 0.717) is 0 Å². The lowest BCUT2D eigenvalue weighted by molar-refractivity contribution is 0.704. The molecule has 2 rings (SSSR count). The summed E-state index contributed by atoms with van der Waals surface area (Å²) in [5.74, 6) is 0. The van der Waals surface area contributed by atoms with Crippen molar-refractivity contribution < 1.29 is 0 Å². The van der Waals surface area contributed by atoms with E-state index in [-0.39, 0.29) is 0 Å². The molecule has 0 aromatic carbocycles. The van der Waals surface area contributed by atoms with Crippen molar-refractivity contribution in [1.82, 2.24) is 0 Å². The quantitative estimate of drug-likeness (QED) is 0.477. The van der Waals surface area contributed by atoms with Gasteiger partial charge in [-0.15, -0.1) is 0 Å². The van der Waals surface area contributed by atoms with Crippen molar-refractivity contribution in [3.63, 3.8) is 0 Å². The predicted octanol–water partition coefficient (Wildman–Crippen LogP) is 3.21. The summed E-state index contributed by atoms with van der Waals surface area (Å²) in [6.45, 7) is 0. The molecule has 0 atom stereocenters. The van der Waals surface area contributed by atoms with Crippen LogP contribution in [0.2, 0.25) is 0 Å². The maximum atomic E-state index is 2.33. The van der Waals surface area contributed by atoms with Gasteiger partial charge >= 0.3 is 0 Å². The molecule has 0 nitrogen and oxygen atoms in total. The third kappa shape index (κ3) is 1.03. The zero-order valence-corrected chi connectivity index (χ0v) is 6.40. The summed E-state index contributed by atoms with van der Waals surface area (Å²) in [5, 5.41) is 0. The van der Waals surface area contributed by atoms with Gasteiger partial charge in [0.15, 0.2) is 0 Å². The Morgan fingerprint density at radius 3 is 2.90 bits per heavy atom. The first kappa shape index (κ1) is 6.21. The molecule has 0 spiro atoms. The number of hydrogen-bond donors (Lipinski definition) is 0. The van der Waals surface area contributed by atoms with E-state index in [1.165, 1.54) is 38.5 Å². The van der Waals surface area contributed by atoms with E-state index in [2.05, 4.69) is 12.2 Å². The second-order valence-corrected chi connectivity index (χ2v) is 3.30. The third-order valence-corrected chi connectivity index (χ3v) is 2.56. The highest BCUT2D eigenvalue weighted by molar-refractivity contribution is 5.34. The lowest BCUT2D eigenvalue weighted by atomic mass is 10.1. The average molecular weight is 134 g/mol. The van der Waals surface area contributed by atoms with Crippen molar-refractivity contribution in [3.05, 3.63) is 23.3 Å². The Morgan fingerprint density at radius 1 is 1.00 bits per heavy atom. The van der Waals surface area contributed by atoms with Crippen LogP contribution >= 0.6 is 0 Å². The molecule has 0 fully saturated rings. The van der Waals surface area contributed by atoms with Gasteiger partial charge in [-0.2, -0.15) is 0 Å². The number of rotatable bonds is 0. The molecule has 0 aromatic rings. The lowest BCUT2D eigenvalue weighted by Gasteiger charge is -1.98. The highest BCUT2D eigenvalue weighted by Gasteiger charge is 2.11. The number of allylic oxidation sites excluding steroid dienone is 4. The molecule has 0 N–H and O–H groups in total. The molecule has 0 bridgehead atoms. The fraction of sp³-hybridized carbons (Fsp3) is 0.600. The van der Waals surface area contributed by atoms with Crippen molar-refractivity contribution in [2.75, 3.05) is 0 Å². The largest absolute Gasteiger partial charge is 0.0802 e. The summed E-state index contributed by atoms with van der Waals surface area (Å²) in [6, 6.07) is 0. The van der Waals surface area contributed by atoms with E-state index >= 15 is 0 Å². The topological polar surface area (TPSA) is 0 Å². The van der Waals surface area contributed by atoms with Crippen LogP contribution in [0.15, 0.2) is 23.3 Å². The van der Waals surface area contributed by atoms with Crippen LogP contribution in [0.1, 0.15) is 38.5 Å². The standard InChI is InChI=1S/C10H14/c1-2-5-9-7-4-8-10(9)6-3-1/h4,7H,1-3,5-6,8H2. The van der Waals surface area contributed by atoms with E-state index < -0.39 is 0 Å². The Labute approximate surface area is 62.6 Å². The van der Waals surface area contributed by atoms with E-state index in [1.54, 1.807) is 11.1 Å². The van der Waals surface area contributed by atoms with Gasteiger partial charge < -0.3 is 0 Å². The molecule has 54 valence electrons. The molecule has 0 unspecified atom stereocenters. The van der Waals surface area contributed by atoms with Gasteiger partial charge in [0.2, 0.25) is 0 Å². The van der Waals surface area contributed by atoms with Crippen LogP contribution in [-0.4, -0.2) is 0 Å². The summed E-state index contributed by atoms with van der Waals surface area (Å²) in [5.41, 5.74) is 3.40. The van der Waals surface area contributed by atoms with Gasteiger partial charge in [0.1, 0.15) is 0 Å². The Bertz CT molecular complexity index is 184. The fourth-order valence-electron chi connectivity index (χ4n) is 1.95. The van der Waals surface area contributed by atoms with Gasteiger partial charge in [-0.3, -0.25) is 0 Å². The molecule has 0 amide bonds. The molecular formula is C10H14. The molecule has 0 heterocycles. The van der Waals surface area contributed by atoms with Crippen LogP contribution in [0, 0.1) is 0 Å². The van der Waals surface area contributed by atoms with Crippen molar-refractivity contribution in [1.29, 1.82) is 0 Å². The zero-order valence-electron chi connectivity index (χ0n) is 6.40. The van der Waals surface area contributed by atoms with Crippen LogP contribution in [0.3, 0.4) is 0 Å². The van der Waals surface area contributed by atoms with Crippen LogP contribution in [0.5, 0.6) is 0 Å². The number of hydrogen-bond acceptors (Lipinski definition) is 0. The molecule has 0 saturated heterocycles. The smallest absolute Gasteiger partial charge is 0.0130 e. The minimum atomic E-state index is 1.26. The monoisotopic (exact) mass is 134 g/mol. The van der Waals surface area contributed by atoms with E-state index in [0.717, 1.165) is 0 Å². The maximum absolute atomic E-state index is 2.33. The lowest BCUT2D eigenvalue weighted by Crippen LogP contribution is -1.79. The summed E-state index contributed by atoms with van der Waals surface area (Å²) < 4.78 is 0. The summed E-state index contributed by atoms with van der Waals surface area (Å²) in [6.07, 6.45) is 12.9. The van der Waals surface area contributed by atoms with Gasteiger partial charge in [-0.1, -0.05) is 24.1 Å². The van der Waals surface area contributed by atoms with E-state index in [1.807, 2.05) is 0 Å². The van der Waals surface area contributed by atoms with Crippen LogP contribution in [-0.2, 0) is 0 Å². The molecule has 0 aromatic heterocycles. The van der Waals surface area contributed by atoms with Crippen molar-refractivity contribution >= 4 is 0 Å². The van der Waals surface area contributed by atoms with Crippen molar-refractivity contribution in [2.45, 2.75) is 38.5 Å². The zero-order chi connectivity index (χ0) is 6.81. The summed E-state index contributed by atoms with van der Waals surface area (Å²) >= 11 is 0. The second kappa shape index (κ2) is 2.61. The summed E-state index contributed by atoms with van der Waals surface area (Å²) in [4.78, 5) is 0. The van der Waals surface area contributed by atoms with Gasteiger partial charge in [0.05, 0.1) is 0 Å². The molecule has 0 saturated carbocycles. The van der Waals surface area contributed by atoms with Crippen LogP contribution in [0.4, 0.5) is 0 Å². The van der Waals surface area contributed by atoms with Crippen LogP contribution < -0.4 is 0 Å². The van der Waals surface area contributed by atoms with Crippen molar-refractivity contribution in [3.8, 4) is 0 Å². The minimum Gasteiger partial charge on any atom is -0.0802 e. The first-order chi connectivity index (χ1) is 4.97. The first-order valence-electron chi connectivity index (χ1n) is 4.34. The van der Waals surface area contributed by atoms with E-state index in [9.17, 15) is 0 Å². The molecule has 0 radical (unpaired) electrons. The SMILES string of the molecule is C1=CC2=C(C1)CCCCC2. The van der Waals surface area contributed by atoms with Gasteiger partial charge in [0, 0.05) is 0 Å². The predicted molar refractivity (Wildman–Crippen MR) is 43.9 cm³/mol. The molecule has 0 aliphatic heterocycles. The molecular weight excluding hydrogens is 120 g/mol. The Morgan fingerprint density at radius 2 is 1.90 bits per heavy atom.